The fourth-order valence-corrected chi connectivity index (χ4v) is 3.55. The van der Waals surface area contributed by atoms with E-state index in [2.05, 4.69) is 17.4 Å². The maximum absolute atomic E-state index is 13.1. The van der Waals surface area contributed by atoms with E-state index in [4.69, 9.17) is 0 Å². The van der Waals surface area contributed by atoms with Gasteiger partial charge in [-0.25, -0.2) is 13.2 Å². The number of halogens is 3. The lowest BCUT2D eigenvalue weighted by Crippen LogP contribution is -2.12. The zero-order chi connectivity index (χ0) is 14.1. The smallest absolute Gasteiger partial charge is 0.194 e. The molecule has 5 heteroatoms. The monoisotopic (exact) mass is 295 g/mol. The van der Waals surface area contributed by atoms with E-state index in [1.54, 1.807) is 11.8 Å². The van der Waals surface area contributed by atoms with E-state index in [-0.39, 0.29) is 11.6 Å². The fourth-order valence-electron chi connectivity index (χ4n) is 2.30. The quantitative estimate of drug-likeness (QED) is 0.842. The van der Waals surface area contributed by atoms with Crippen molar-refractivity contribution in [1.82, 2.24) is 0 Å². The molecule has 20 heavy (non-hydrogen) atoms. The Kier molecular flexibility index (Phi) is 3.61. The Balaban J connectivity index is 1.72. The van der Waals surface area contributed by atoms with Crippen LogP contribution in [-0.4, -0.2) is 12.3 Å². The summed E-state index contributed by atoms with van der Waals surface area (Å²) in [5.41, 5.74) is 1.50. The molecule has 0 aliphatic carbocycles. The zero-order valence-corrected chi connectivity index (χ0v) is 11.3. The highest BCUT2D eigenvalue weighted by atomic mass is 32.2. The normalized spacial score (nSPS) is 17.1. The highest BCUT2D eigenvalue weighted by Gasteiger charge is 2.22. The number of benzene rings is 2. The summed E-state index contributed by atoms with van der Waals surface area (Å²) < 4.78 is 39.1. The molecule has 1 aliphatic rings. The van der Waals surface area contributed by atoms with E-state index in [0.717, 1.165) is 17.9 Å². The molecule has 0 bridgehead atoms. The molecule has 0 radical (unpaired) electrons. The van der Waals surface area contributed by atoms with Crippen LogP contribution in [0.25, 0.3) is 0 Å². The van der Waals surface area contributed by atoms with Crippen molar-refractivity contribution < 1.29 is 13.2 Å². The van der Waals surface area contributed by atoms with Gasteiger partial charge in [-0.1, -0.05) is 18.2 Å². The standard InChI is InChI=1S/C15H12F3NS/c16-12-5-10(6-13(17)15(12)18)19-7-9-8-20-14-4-2-1-3-11(9)14/h1-6,9,19H,7-8H2. The number of rotatable bonds is 3. The van der Waals surface area contributed by atoms with Crippen LogP contribution in [0.2, 0.25) is 0 Å². The second kappa shape index (κ2) is 5.40. The average Bonchev–Trinajstić information content (AvgIpc) is 2.85. The second-order valence-electron chi connectivity index (χ2n) is 4.68. The summed E-state index contributed by atoms with van der Waals surface area (Å²) in [6, 6.07) is 10.1. The molecular weight excluding hydrogens is 283 g/mol. The summed E-state index contributed by atoms with van der Waals surface area (Å²) in [4.78, 5) is 1.25. The molecule has 2 aromatic carbocycles. The Bertz CT molecular complexity index is 622. The molecule has 3 rings (SSSR count). The van der Waals surface area contributed by atoms with E-state index in [0.29, 0.717) is 6.54 Å². The van der Waals surface area contributed by atoms with E-state index in [1.807, 2.05) is 12.1 Å². The van der Waals surface area contributed by atoms with E-state index < -0.39 is 17.5 Å². The first-order valence-electron chi connectivity index (χ1n) is 6.25. The Morgan fingerprint density at radius 3 is 2.55 bits per heavy atom. The molecule has 104 valence electrons. The molecule has 1 nitrogen and oxygen atoms in total. The lowest BCUT2D eigenvalue weighted by atomic mass is 10.0. The maximum atomic E-state index is 13.1. The lowest BCUT2D eigenvalue weighted by Gasteiger charge is -2.13. The number of nitrogens with one attached hydrogen (secondary N) is 1. The minimum atomic E-state index is -1.43. The first-order valence-corrected chi connectivity index (χ1v) is 7.24. The third-order valence-corrected chi connectivity index (χ3v) is 4.59. The lowest BCUT2D eigenvalue weighted by molar-refractivity contribution is 0.447. The van der Waals surface area contributed by atoms with Gasteiger partial charge in [-0.05, 0) is 11.6 Å². The van der Waals surface area contributed by atoms with Gasteiger partial charge >= 0.3 is 0 Å². The molecular formula is C15H12F3NS. The van der Waals surface area contributed by atoms with Crippen molar-refractivity contribution in [3.8, 4) is 0 Å². The predicted octanol–water partition coefficient (Wildman–Crippen LogP) is 4.41. The van der Waals surface area contributed by atoms with Gasteiger partial charge in [-0.3, -0.25) is 0 Å². The largest absolute Gasteiger partial charge is 0.384 e. The molecule has 1 atom stereocenters. The topological polar surface area (TPSA) is 12.0 Å². The summed E-state index contributed by atoms with van der Waals surface area (Å²) >= 11 is 1.77. The Morgan fingerprint density at radius 2 is 1.80 bits per heavy atom. The van der Waals surface area contributed by atoms with Gasteiger partial charge in [0.15, 0.2) is 17.5 Å². The molecule has 1 N–H and O–H groups in total. The summed E-state index contributed by atoms with van der Waals surface area (Å²) in [7, 11) is 0. The summed E-state index contributed by atoms with van der Waals surface area (Å²) in [5.74, 6) is -2.56. The number of hydrogen-bond acceptors (Lipinski definition) is 2. The Labute approximate surface area is 119 Å². The van der Waals surface area contributed by atoms with Crippen LogP contribution in [0, 0.1) is 17.5 Å². The van der Waals surface area contributed by atoms with Crippen molar-refractivity contribution in [2.45, 2.75) is 10.8 Å². The van der Waals surface area contributed by atoms with Crippen LogP contribution >= 0.6 is 11.8 Å². The van der Waals surface area contributed by atoms with Gasteiger partial charge in [0.1, 0.15) is 0 Å². The first-order chi connectivity index (χ1) is 9.65. The van der Waals surface area contributed by atoms with Crippen LogP contribution in [-0.2, 0) is 0 Å². The molecule has 2 aromatic rings. The van der Waals surface area contributed by atoms with Crippen LogP contribution in [0.1, 0.15) is 11.5 Å². The second-order valence-corrected chi connectivity index (χ2v) is 5.74. The van der Waals surface area contributed by atoms with Crippen molar-refractivity contribution >= 4 is 17.4 Å². The van der Waals surface area contributed by atoms with Gasteiger partial charge in [0.2, 0.25) is 0 Å². The summed E-state index contributed by atoms with van der Waals surface area (Å²) in [6.07, 6.45) is 0. The van der Waals surface area contributed by atoms with Crippen molar-refractivity contribution in [3.05, 3.63) is 59.4 Å². The highest BCUT2D eigenvalue weighted by Crippen LogP contribution is 2.39. The molecule has 0 amide bonds. The zero-order valence-electron chi connectivity index (χ0n) is 10.5. The minimum absolute atomic E-state index is 0.260. The number of anilines is 1. The molecule has 1 unspecified atom stereocenters. The Morgan fingerprint density at radius 1 is 1.10 bits per heavy atom. The van der Waals surface area contributed by atoms with Gasteiger partial charge in [-0.15, -0.1) is 11.8 Å². The Hall–Kier alpha value is -1.62. The molecule has 0 spiro atoms. The summed E-state index contributed by atoms with van der Waals surface area (Å²) in [6.45, 7) is 0.564. The van der Waals surface area contributed by atoms with Crippen LogP contribution in [0.5, 0.6) is 0 Å². The van der Waals surface area contributed by atoms with Crippen molar-refractivity contribution in [2.75, 3.05) is 17.6 Å². The molecule has 0 aromatic heterocycles. The van der Waals surface area contributed by atoms with Crippen molar-refractivity contribution in [1.29, 1.82) is 0 Å². The third kappa shape index (κ3) is 2.50. The van der Waals surface area contributed by atoms with Crippen LogP contribution < -0.4 is 5.32 Å². The van der Waals surface area contributed by atoms with Gasteiger partial charge in [-0.2, -0.15) is 0 Å². The van der Waals surface area contributed by atoms with Gasteiger partial charge in [0, 0.05) is 40.9 Å². The average molecular weight is 295 g/mol. The molecule has 1 heterocycles. The highest BCUT2D eigenvalue weighted by molar-refractivity contribution is 7.99. The molecule has 0 fully saturated rings. The van der Waals surface area contributed by atoms with Crippen LogP contribution in [0.15, 0.2) is 41.3 Å². The fraction of sp³-hybridized carbons (Fsp3) is 0.200. The SMILES string of the molecule is Fc1cc(NCC2CSc3ccccc32)cc(F)c1F. The number of hydrogen-bond donors (Lipinski definition) is 1. The molecule has 0 saturated heterocycles. The van der Waals surface area contributed by atoms with Gasteiger partial charge in [0.05, 0.1) is 0 Å². The van der Waals surface area contributed by atoms with Gasteiger partial charge in [0.25, 0.3) is 0 Å². The van der Waals surface area contributed by atoms with Crippen LogP contribution in [0.4, 0.5) is 18.9 Å². The molecule has 0 saturated carbocycles. The van der Waals surface area contributed by atoms with Crippen LogP contribution in [0.3, 0.4) is 0 Å². The number of thioether (sulfide) groups is 1. The maximum Gasteiger partial charge on any atom is 0.194 e. The van der Waals surface area contributed by atoms with Gasteiger partial charge < -0.3 is 5.32 Å². The molecule has 1 aliphatic heterocycles. The summed E-state index contributed by atoms with van der Waals surface area (Å²) in [5, 5.41) is 2.98. The first kappa shape index (κ1) is 13.4. The van der Waals surface area contributed by atoms with E-state index in [9.17, 15) is 13.2 Å². The third-order valence-electron chi connectivity index (χ3n) is 3.34. The van der Waals surface area contributed by atoms with Crippen molar-refractivity contribution in [2.24, 2.45) is 0 Å². The predicted molar refractivity (Wildman–Crippen MR) is 74.7 cm³/mol. The van der Waals surface area contributed by atoms with Crippen molar-refractivity contribution in [3.63, 3.8) is 0 Å². The number of fused-ring (bicyclic) bond motifs is 1. The van der Waals surface area contributed by atoms with E-state index >= 15 is 0 Å². The minimum Gasteiger partial charge on any atom is -0.384 e. The van der Waals surface area contributed by atoms with E-state index in [1.165, 1.54) is 10.5 Å².